The summed E-state index contributed by atoms with van der Waals surface area (Å²) in [7, 11) is 0. The number of carboxylic acid groups (broad SMARTS) is 1. The monoisotopic (exact) mass is 295 g/mol. The Labute approximate surface area is 124 Å². The zero-order valence-electron chi connectivity index (χ0n) is 12.1. The maximum absolute atomic E-state index is 11.7. The van der Waals surface area contributed by atoms with Gasteiger partial charge >= 0.3 is 5.97 Å². The summed E-state index contributed by atoms with van der Waals surface area (Å²) in [5, 5.41) is 11.5. The number of benzene rings is 1. The molecule has 1 aromatic rings. The molecule has 0 fully saturated rings. The molecule has 0 heterocycles. The van der Waals surface area contributed by atoms with E-state index in [1.807, 2.05) is 26.0 Å². The second kappa shape index (κ2) is 7.94. The van der Waals surface area contributed by atoms with Gasteiger partial charge < -0.3 is 10.4 Å². The Hall–Kier alpha value is -1.49. The standard InChI is InChI=1S/C15H21NO3S/c1-10-4-5-11(2)13(8-10)20-9-14(17)16-7-6-12(3)15(18)19/h4-5,8,12H,6-7,9H2,1-3H3,(H,16,17)(H,18,19). The first-order valence-electron chi connectivity index (χ1n) is 6.59. The van der Waals surface area contributed by atoms with Gasteiger partial charge in [0.25, 0.3) is 0 Å². The van der Waals surface area contributed by atoms with Gasteiger partial charge in [-0.25, -0.2) is 0 Å². The highest BCUT2D eigenvalue weighted by atomic mass is 32.2. The first-order valence-corrected chi connectivity index (χ1v) is 7.58. The van der Waals surface area contributed by atoms with Crippen molar-refractivity contribution < 1.29 is 14.7 Å². The molecule has 1 atom stereocenters. The van der Waals surface area contributed by atoms with Crippen LogP contribution in [0.4, 0.5) is 0 Å². The normalized spacial score (nSPS) is 11.9. The molecule has 2 N–H and O–H groups in total. The number of rotatable bonds is 7. The quantitative estimate of drug-likeness (QED) is 0.759. The number of hydrogen-bond acceptors (Lipinski definition) is 3. The Morgan fingerprint density at radius 1 is 1.35 bits per heavy atom. The Kier molecular flexibility index (Phi) is 6.58. The number of thioether (sulfide) groups is 1. The molecule has 0 saturated heterocycles. The number of hydrogen-bond donors (Lipinski definition) is 2. The zero-order valence-corrected chi connectivity index (χ0v) is 12.9. The van der Waals surface area contributed by atoms with Crippen molar-refractivity contribution in [3.63, 3.8) is 0 Å². The molecule has 0 spiro atoms. The summed E-state index contributed by atoms with van der Waals surface area (Å²) in [4.78, 5) is 23.4. The largest absolute Gasteiger partial charge is 0.481 e. The number of carbonyl (C=O) groups excluding carboxylic acids is 1. The van der Waals surface area contributed by atoms with Crippen molar-refractivity contribution >= 4 is 23.6 Å². The summed E-state index contributed by atoms with van der Waals surface area (Å²) in [5.41, 5.74) is 2.33. The molecular formula is C15H21NO3S. The average molecular weight is 295 g/mol. The molecule has 0 aliphatic heterocycles. The number of aryl methyl sites for hydroxylation is 2. The lowest BCUT2D eigenvalue weighted by molar-refractivity contribution is -0.141. The fourth-order valence-electron chi connectivity index (χ4n) is 1.61. The van der Waals surface area contributed by atoms with Crippen molar-refractivity contribution in [2.75, 3.05) is 12.3 Å². The topological polar surface area (TPSA) is 66.4 Å². The zero-order chi connectivity index (χ0) is 15.1. The maximum atomic E-state index is 11.7. The summed E-state index contributed by atoms with van der Waals surface area (Å²) >= 11 is 1.51. The van der Waals surface area contributed by atoms with Crippen LogP contribution in [0.1, 0.15) is 24.5 Å². The van der Waals surface area contributed by atoms with E-state index in [0.29, 0.717) is 18.7 Å². The lowest BCUT2D eigenvalue weighted by atomic mass is 10.1. The molecule has 1 unspecified atom stereocenters. The van der Waals surface area contributed by atoms with Crippen LogP contribution in [0.3, 0.4) is 0 Å². The van der Waals surface area contributed by atoms with Crippen LogP contribution in [0.25, 0.3) is 0 Å². The molecule has 20 heavy (non-hydrogen) atoms. The van der Waals surface area contributed by atoms with Gasteiger partial charge in [-0.15, -0.1) is 11.8 Å². The van der Waals surface area contributed by atoms with E-state index in [1.165, 1.54) is 17.3 Å². The molecular weight excluding hydrogens is 274 g/mol. The van der Waals surface area contributed by atoms with Crippen LogP contribution >= 0.6 is 11.8 Å². The Morgan fingerprint density at radius 3 is 2.70 bits per heavy atom. The molecule has 4 nitrogen and oxygen atoms in total. The van der Waals surface area contributed by atoms with Gasteiger partial charge in [-0.05, 0) is 31.9 Å². The Morgan fingerprint density at radius 2 is 2.05 bits per heavy atom. The Balaban J connectivity index is 2.33. The van der Waals surface area contributed by atoms with Gasteiger partial charge in [-0.3, -0.25) is 9.59 Å². The van der Waals surface area contributed by atoms with Crippen molar-refractivity contribution in [2.45, 2.75) is 32.1 Å². The summed E-state index contributed by atoms with van der Waals surface area (Å²) < 4.78 is 0. The molecule has 1 amide bonds. The average Bonchev–Trinajstić information content (AvgIpc) is 2.39. The highest BCUT2D eigenvalue weighted by Crippen LogP contribution is 2.23. The SMILES string of the molecule is Cc1ccc(C)c(SCC(=O)NCCC(C)C(=O)O)c1. The van der Waals surface area contributed by atoms with E-state index in [1.54, 1.807) is 6.92 Å². The van der Waals surface area contributed by atoms with Crippen LogP contribution in [0.5, 0.6) is 0 Å². The first-order chi connectivity index (χ1) is 9.40. The number of aliphatic carboxylic acids is 1. The van der Waals surface area contributed by atoms with E-state index in [-0.39, 0.29) is 5.91 Å². The number of amides is 1. The number of carbonyl (C=O) groups is 2. The van der Waals surface area contributed by atoms with Crippen molar-refractivity contribution in [3.8, 4) is 0 Å². The van der Waals surface area contributed by atoms with Crippen LogP contribution < -0.4 is 5.32 Å². The molecule has 0 aromatic heterocycles. The van der Waals surface area contributed by atoms with Gasteiger partial charge in [-0.2, -0.15) is 0 Å². The van der Waals surface area contributed by atoms with Gasteiger partial charge in [-0.1, -0.05) is 24.6 Å². The van der Waals surface area contributed by atoms with E-state index in [0.717, 1.165) is 10.5 Å². The van der Waals surface area contributed by atoms with E-state index >= 15 is 0 Å². The molecule has 5 heteroatoms. The highest BCUT2D eigenvalue weighted by molar-refractivity contribution is 8.00. The number of nitrogens with one attached hydrogen (secondary N) is 1. The van der Waals surface area contributed by atoms with E-state index in [4.69, 9.17) is 5.11 Å². The minimum absolute atomic E-state index is 0.0616. The van der Waals surface area contributed by atoms with Crippen LogP contribution in [0, 0.1) is 19.8 Å². The molecule has 0 aliphatic rings. The van der Waals surface area contributed by atoms with Crippen LogP contribution in [0.2, 0.25) is 0 Å². The van der Waals surface area contributed by atoms with E-state index in [9.17, 15) is 9.59 Å². The lowest BCUT2D eigenvalue weighted by Gasteiger charge is -2.09. The number of carboxylic acids is 1. The Bertz CT molecular complexity index is 488. The van der Waals surface area contributed by atoms with Crippen LogP contribution in [-0.2, 0) is 9.59 Å². The predicted molar refractivity (Wildman–Crippen MR) is 81.1 cm³/mol. The molecule has 0 radical (unpaired) electrons. The minimum atomic E-state index is -0.830. The van der Waals surface area contributed by atoms with Gasteiger partial charge in [0, 0.05) is 11.4 Å². The second-order valence-electron chi connectivity index (χ2n) is 4.94. The third-order valence-corrected chi connectivity index (χ3v) is 4.18. The van der Waals surface area contributed by atoms with Crippen molar-refractivity contribution in [3.05, 3.63) is 29.3 Å². The summed E-state index contributed by atoms with van der Waals surface area (Å²) in [6, 6.07) is 6.16. The van der Waals surface area contributed by atoms with Crippen molar-refractivity contribution in [2.24, 2.45) is 5.92 Å². The molecule has 0 saturated carbocycles. The molecule has 0 aliphatic carbocycles. The van der Waals surface area contributed by atoms with Crippen LogP contribution in [-0.4, -0.2) is 29.3 Å². The van der Waals surface area contributed by atoms with E-state index in [2.05, 4.69) is 11.4 Å². The molecule has 110 valence electrons. The van der Waals surface area contributed by atoms with Gasteiger partial charge in [0.1, 0.15) is 0 Å². The summed E-state index contributed by atoms with van der Waals surface area (Å²) in [6.45, 7) is 6.09. The van der Waals surface area contributed by atoms with Gasteiger partial charge in [0.15, 0.2) is 0 Å². The predicted octanol–water partition coefficient (Wildman–Crippen LogP) is 2.62. The third-order valence-electron chi connectivity index (χ3n) is 3.02. The van der Waals surface area contributed by atoms with E-state index < -0.39 is 11.9 Å². The maximum Gasteiger partial charge on any atom is 0.306 e. The highest BCUT2D eigenvalue weighted by Gasteiger charge is 2.11. The van der Waals surface area contributed by atoms with Gasteiger partial charge in [0.2, 0.25) is 5.91 Å². The van der Waals surface area contributed by atoms with Crippen molar-refractivity contribution in [1.29, 1.82) is 0 Å². The summed E-state index contributed by atoms with van der Waals surface area (Å²) in [6.07, 6.45) is 0.454. The third kappa shape index (κ3) is 5.65. The smallest absolute Gasteiger partial charge is 0.306 e. The van der Waals surface area contributed by atoms with Gasteiger partial charge in [0.05, 0.1) is 11.7 Å². The van der Waals surface area contributed by atoms with Crippen LogP contribution in [0.15, 0.2) is 23.1 Å². The lowest BCUT2D eigenvalue weighted by Crippen LogP contribution is -2.28. The van der Waals surface area contributed by atoms with Crippen molar-refractivity contribution in [1.82, 2.24) is 5.32 Å². The second-order valence-corrected chi connectivity index (χ2v) is 5.95. The molecule has 1 rings (SSSR count). The summed E-state index contributed by atoms with van der Waals surface area (Å²) in [5.74, 6) is -0.967. The first kappa shape index (κ1) is 16.6. The molecule has 0 bridgehead atoms. The fraction of sp³-hybridized carbons (Fsp3) is 0.467. The minimum Gasteiger partial charge on any atom is -0.481 e. The molecule has 1 aromatic carbocycles. The fourth-order valence-corrected chi connectivity index (χ4v) is 2.56.